The summed E-state index contributed by atoms with van der Waals surface area (Å²) in [5, 5.41) is 11.8. The Labute approximate surface area is 97.1 Å². The van der Waals surface area contributed by atoms with E-state index in [0.717, 1.165) is 5.56 Å². The van der Waals surface area contributed by atoms with Gasteiger partial charge in [0.2, 0.25) is 0 Å². The van der Waals surface area contributed by atoms with E-state index in [4.69, 9.17) is 16.3 Å². The fourth-order valence-electron chi connectivity index (χ4n) is 1.46. The van der Waals surface area contributed by atoms with E-state index in [-0.39, 0.29) is 0 Å². The van der Waals surface area contributed by atoms with Crippen LogP contribution in [0, 0.1) is 0 Å². The maximum atomic E-state index is 10.7. The summed E-state index contributed by atoms with van der Waals surface area (Å²) in [6.45, 7) is 0.325. The summed E-state index contributed by atoms with van der Waals surface area (Å²) >= 11 is 9.50. The Morgan fingerprint density at radius 3 is 3.07 bits per heavy atom. The van der Waals surface area contributed by atoms with E-state index in [0.29, 0.717) is 22.8 Å². The van der Waals surface area contributed by atoms with Crippen LogP contribution in [0.5, 0.6) is 0 Å². The van der Waals surface area contributed by atoms with E-state index in [1.54, 1.807) is 12.1 Å². The molecule has 0 spiro atoms. The number of anilines is 1. The Hall–Kier alpha value is -0.685. The number of hydrogen-bond acceptors (Lipinski definition) is 3. The van der Waals surface area contributed by atoms with Gasteiger partial charge in [-0.1, -0.05) is 24.2 Å². The van der Waals surface area contributed by atoms with Crippen LogP contribution in [0.2, 0.25) is 5.02 Å². The molecule has 0 atom stereocenters. The van der Waals surface area contributed by atoms with Crippen LogP contribution in [0.15, 0.2) is 12.1 Å². The Morgan fingerprint density at radius 1 is 1.67 bits per heavy atom. The third kappa shape index (κ3) is 2.13. The van der Waals surface area contributed by atoms with Crippen molar-refractivity contribution in [3.8, 4) is 0 Å². The summed E-state index contributed by atoms with van der Waals surface area (Å²) in [4.78, 5) is 10.7. The number of carbonyl (C=O) groups is 1. The average molecular weight is 243 g/mol. The SMILES string of the molecule is O=C(S)Nc1cc2c(cc1Cl)COB2O. The number of rotatable bonds is 1. The van der Waals surface area contributed by atoms with Gasteiger partial charge in [0.1, 0.15) is 0 Å². The van der Waals surface area contributed by atoms with Gasteiger partial charge in [-0.25, -0.2) is 0 Å². The summed E-state index contributed by atoms with van der Waals surface area (Å²) in [5.74, 6) is 0. The molecule has 1 aliphatic rings. The first kappa shape index (κ1) is 10.8. The number of benzene rings is 1. The molecule has 0 unspecified atom stereocenters. The second kappa shape index (κ2) is 4.06. The molecule has 1 heterocycles. The van der Waals surface area contributed by atoms with Gasteiger partial charge in [0.15, 0.2) is 0 Å². The van der Waals surface area contributed by atoms with Crippen LogP contribution in [0.25, 0.3) is 0 Å². The number of nitrogens with one attached hydrogen (secondary N) is 1. The molecule has 1 aliphatic heterocycles. The van der Waals surface area contributed by atoms with Crippen LogP contribution >= 0.6 is 24.2 Å². The fourth-order valence-corrected chi connectivity index (χ4v) is 1.81. The number of carbonyl (C=O) groups excluding carboxylic acids is 1. The first-order valence-electron chi connectivity index (χ1n) is 4.20. The van der Waals surface area contributed by atoms with Crippen molar-refractivity contribution in [3.05, 3.63) is 22.7 Å². The van der Waals surface area contributed by atoms with Crippen LogP contribution in [-0.4, -0.2) is 17.4 Å². The molecule has 0 aromatic heterocycles. The zero-order chi connectivity index (χ0) is 11.0. The quantitative estimate of drug-likeness (QED) is 0.510. The molecule has 2 N–H and O–H groups in total. The molecule has 1 amide bonds. The maximum absolute atomic E-state index is 10.7. The average Bonchev–Trinajstić information content (AvgIpc) is 2.48. The topological polar surface area (TPSA) is 58.6 Å². The van der Waals surface area contributed by atoms with Gasteiger partial charge in [0.25, 0.3) is 5.24 Å². The van der Waals surface area contributed by atoms with E-state index >= 15 is 0 Å². The van der Waals surface area contributed by atoms with Crippen molar-refractivity contribution < 1.29 is 14.5 Å². The van der Waals surface area contributed by atoms with Crippen LogP contribution in [0.3, 0.4) is 0 Å². The lowest BCUT2D eigenvalue weighted by atomic mass is 9.79. The highest BCUT2D eigenvalue weighted by molar-refractivity contribution is 7.96. The molecule has 15 heavy (non-hydrogen) atoms. The lowest BCUT2D eigenvalue weighted by molar-refractivity contribution is 0.270. The molecule has 78 valence electrons. The largest absolute Gasteiger partial charge is 0.491 e. The second-order valence-electron chi connectivity index (χ2n) is 3.12. The van der Waals surface area contributed by atoms with Crippen molar-refractivity contribution in [2.75, 3.05) is 5.32 Å². The Balaban J connectivity index is 2.41. The highest BCUT2D eigenvalue weighted by Gasteiger charge is 2.28. The van der Waals surface area contributed by atoms with Crippen molar-refractivity contribution in [2.45, 2.75) is 6.61 Å². The molecule has 0 bridgehead atoms. The van der Waals surface area contributed by atoms with Gasteiger partial charge in [0, 0.05) is 0 Å². The molecule has 0 saturated carbocycles. The van der Waals surface area contributed by atoms with Crippen LogP contribution in [-0.2, 0) is 11.3 Å². The smallest absolute Gasteiger partial charge is 0.423 e. The van der Waals surface area contributed by atoms with Gasteiger partial charge in [-0.2, -0.15) is 0 Å². The minimum Gasteiger partial charge on any atom is -0.423 e. The predicted octanol–water partition coefficient (Wildman–Crippen LogP) is 1.02. The zero-order valence-corrected chi connectivity index (χ0v) is 9.18. The standard InChI is InChI=1S/C8H7BClNO3S/c10-6-1-4-3-14-9(13)5(4)2-7(6)11-8(12)15/h1-2,13H,3H2,(H2,11,12,15). The van der Waals surface area contributed by atoms with Gasteiger partial charge in [0.05, 0.1) is 17.3 Å². The Bertz CT molecular complexity index is 429. The Kier molecular flexibility index (Phi) is 2.93. The molecular formula is C8H7BClNO3S. The fraction of sp³-hybridized carbons (Fsp3) is 0.125. The zero-order valence-electron chi connectivity index (χ0n) is 7.53. The molecule has 0 aliphatic carbocycles. The second-order valence-corrected chi connectivity index (χ2v) is 3.94. The molecule has 0 saturated heterocycles. The van der Waals surface area contributed by atoms with Crippen molar-refractivity contribution in [1.82, 2.24) is 0 Å². The van der Waals surface area contributed by atoms with Crippen LogP contribution in [0.4, 0.5) is 10.5 Å². The van der Waals surface area contributed by atoms with E-state index in [1.165, 1.54) is 0 Å². The summed E-state index contributed by atoms with van der Waals surface area (Å²) in [7, 11) is -0.951. The first-order chi connectivity index (χ1) is 7.08. The van der Waals surface area contributed by atoms with Gasteiger partial charge < -0.3 is 15.0 Å². The summed E-state index contributed by atoms with van der Waals surface area (Å²) in [5.41, 5.74) is 1.86. The molecule has 7 heteroatoms. The number of thiol groups is 1. The third-order valence-corrected chi connectivity index (χ3v) is 2.56. The highest BCUT2D eigenvalue weighted by Crippen LogP contribution is 2.25. The number of hydrogen-bond donors (Lipinski definition) is 3. The highest BCUT2D eigenvalue weighted by atomic mass is 35.5. The third-order valence-electron chi connectivity index (χ3n) is 2.13. The van der Waals surface area contributed by atoms with E-state index in [2.05, 4.69) is 17.9 Å². The molecule has 1 aromatic carbocycles. The van der Waals surface area contributed by atoms with E-state index < -0.39 is 12.4 Å². The van der Waals surface area contributed by atoms with Crippen LogP contribution < -0.4 is 10.8 Å². The van der Waals surface area contributed by atoms with Gasteiger partial charge in [-0.15, -0.1) is 0 Å². The Morgan fingerprint density at radius 2 is 2.40 bits per heavy atom. The lowest BCUT2D eigenvalue weighted by Crippen LogP contribution is -2.28. The van der Waals surface area contributed by atoms with E-state index in [1.807, 2.05) is 0 Å². The van der Waals surface area contributed by atoms with Crippen molar-refractivity contribution in [1.29, 1.82) is 0 Å². The lowest BCUT2D eigenvalue weighted by Gasteiger charge is -2.07. The summed E-state index contributed by atoms with van der Waals surface area (Å²) < 4.78 is 5.00. The number of amides is 1. The number of halogens is 1. The first-order valence-corrected chi connectivity index (χ1v) is 5.02. The van der Waals surface area contributed by atoms with Gasteiger partial charge in [-0.05, 0) is 23.2 Å². The number of fused-ring (bicyclic) bond motifs is 1. The monoisotopic (exact) mass is 243 g/mol. The molecule has 0 fully saturated rings. The minimum absolute atomic E-state index is 0.325. The van der Waals surface area contributed by atoms with Crippen LogP contribution in [0.1, 0.15) is 5.56 Å². The molecule has 1 aromatic rings. The van der Waals surface area contributed by atoms with Crippen molar-refractivity contribution >= 4 is 47.7 Å². The summed E-state index contributed by atoms with van der Waals surface area (Å²) in [6.07, 6.45) is 0. The molecular weight excluding hydrogens is 236 g/mol. The van der Waals surface area contributed by atoms with Crippen molar-refractivity contribution in [2.24, 2.45) is 0 Å². The van der Waals surface area contributed by atoms with Gasteiger partial charge in [-0.3, -0.25) is 4.79 Å². The normalized spacial score (nSPS) is 13.9. The van der Waals surface area contributed by atoms with Crippen molar-refractivity contribution in [3.63, 3.8) is 0 Å². The minimum atomic E-state index is -0.951. The maximum Gasteiger partial charge on any atom is 0.491 e. The van der Waals surface area contributed by atoms with Gasteiger partial charge >= 0.3 is 7.12 Å². The summed E-state index contributed by atoms with van der Waals surface area (Å²) in [6, 6.07) is 3.25. The predicted molar refractivity (Wildman–Crippen MR) is 61.9 cm³/mol. The molecule has 0 radical (unpaired) electrons. The molecule has 2 rings (SSSR count). The molecule has 4 nitrogen and oxygen atoms in total. The van der Waals surface area contributed by atoms with E-state index in [9.17, 15) is 9.82 Å².